The number of ether oxygens (including phenoxy) is 1. The molecule has 52 valence electrons. The van der Waals surface area contributed by atoms with Gasteiger partial charge in [-0.2, -0.15) is 0 Å². The summed E-state index contributed by atoms with van der Waals surface area (Å²) in [6, 6.07) is 0. The van der Waals surface area contributed by atoms with Crippen molar-refractivity contribution >= 4 is 0 Å². The van der Waals surface area contributed by atoms with Crippen molar-refractivity contribution in [3.8, 4) is 0 Å². The number of epoxide rings is 1. The lowest BCUT2D eigenvalue weighted by Gasteiger charge is -1.89. The zero-order valence-electron chi connectivity index (χ0n) is 5.74. The number of aliphatic hydroxyl groups excluding tert-OH is 1. The molecular formula is C7H12O2. The first-order chi connectivity index (χ1) is 4.20. The van der Waals surface area contributed by atoms with Gasteiger partial charge in [0.2, 0.25) is 0 Å². The van der Waals surface area contributed by atoms with Crippen LogP contribution in [0.15, 0.2) is 12.2 Å². The van der Waals surface area contributed by atoms with Gasteiger partial charge in [-0.05, 0) is 13.8 Å². The smallest absolute Gasteiger partial charge is 0.102 e. The zero-order valence-corrected chi connectivity index (χ0v) is 5.74. The average molecular weight is 128 g/mol. The Balaban J connectivity index is 2.18. The average Bonchev–Trinajstić information content (AvgIpc) is 2.42. The molecule has 0 radical (unpaired) electrons. The van der Waals surface area contributed by atoms with Crippen LogP contribution in [0.25, 0.3) is 0 Å². The summed E-state index contributed by atoms with van der Waals surface area (Å²) in [6.45, 7) is 3.74. The van der Waals surface area contributed by atoms with Crippen molar-refractivity contribution in [3.05, 3.63) is 12.2 Å². The Bertz CT molecular complexity index is 118. The number of hydrogen-bond donors (Lipinski definition) is 1. The fourth-order valence-electron chi connectivity index (χ4n) is 0.675. The lowest BCUT2D eigenvalue weighted by atomic mass is 10.3. The lowest BCUT2D eigenvalue weighted by Crippen LogP contribution is -1.93. The molecule has 1 aliphatic heterocycles. The minimum atomic E-state index is -0.346. The quantitative estimate of drug-likeness (QED) is 0.439. The highest BCUT2D eigenvalue weighted by Gasteiger charge is 2.30. The topological polar surface area (TPSA) is 32.8 Å². The molecule has 0 saturated carbocycles. The van der Waals surface area contributed by atoms with Crippen molar-refractivity contribution < 1.29 is 9.84 Å². The van der Waals surface area contributed by atoms with Gasteiger partial charge in [-0.15, -0.1) is 0 Å². The van der Waals surface area contributed by atoms with Crippen LogP contribution in [0.2, 0.25) is 0 Å². The summed E-state index contributed by atoms with van der Waals surface area (Å²) in [5.74, 6) is 0. The molecule has 1 heterocycles. The number of rotatable bonds is 2. The van der Waals surface area contributed by atoms with Crippen LogP contribution < -0.4 is 0 Å². The van der Waals surface area contributed by atoms with Gasteiger partial charge in [0.25, 0.3) is 0 Å². The van der Waals surface area contributed by atoms with E-state index in [1.165, 1.54) is 0 Å². The van der Waals surface area contributed by atoms with Gasteiger partial charge < -0.3 is 9.84 Å². The van der Waals surface area contributed by atoms with Crippen molar-refractivity contribution in [2.75, 3.05) is 0 Å². The standard InChI is InChI=1S/C7H12O2/c1-5(8)3-4-7-6(2)9-7/h3-8H,1-2H3/b4-3+. The van der Waals surface area contributed by atoms with Gasteiger partial charge >= 0.3 is 0 Å². The molecule has 2 heteroatoms. The predicted molar refractivity (Wildman–Crippen MR) is 35.2 cm³/mol. The van der Waals surface area contributed by atoms with E-state index >= 15 is 0 Å². The monoisotopic (exact) mass is 128 g/mol. The van der Waals surface area contributed by atoms with Gasteiger partial charge in [-0.25, -0.2) is 0 Å². The normalized spacial score (nSPS) is 37.2. The molecule has 1 rings (SSSR count). The first-order valence-corrected chi connectivity index (χ1v) is 3.22. The molecule has 3 atom stereocenters. The van der Waals surface area contributed by atoms with E-state index in [-0.39, 0.29) is 12.2 Å². The summed E-state index contributed by atoms with van der Waals surface area (Å²) in [5, 5.41) is 8.77. The van der Waals surface area contributed by atoms with E-state index < -0.39 is 0 Å². The minimum Gasteiger partial charge on any atom is -0.389 e. The van der Waals surface area contributed by atoms with E-state index in [2.05, 4.69) is 0 Å². The van der Waals surface area contributed by atoms with E-state index in [0.717, 1.165) is 0 Å². The van der Waals surface area contributed by atoms with Crippen LogP contribution >= 0.6 is 0 Å². The molecule has 0 aromatic rings. The minimum absolute atomic E-state index is 0.264. The molecule has 0 bridgehead atoms. The van der Waals surface area contributed by atoms with Crippen molar-refractivity contribution in [2.24, 2.45) is 0 Å². The van der Waals surface area contributed by atoms with Crippen molar-refractivity contribution in [1.82, 2.24) is 0 Å². The SMILES string of the molecule is CC(O)/C=C/C1OC1C. The highest BCUT2D eigenvalue weighted by Crippen LogP contribution is 2.21. The van der Waals surface area contributed by atoms with Crippen LogP contribution in [0.4, 0.5) is 0 Å². The first kappa shape index (κ1) is 6.78. The molecule has 0 amide bonds. The molecule has 1 aliphatic rings. The van der Waals surface area contributed by atoms with Crippen molar-refractivity contribution in [1.29, 1.82) is 0 Å². The molecule has 0 aliphatic carbocycles. The Labute approximate surface area is 55.1 Å². The van der Waals surface area contributed by atoms with E-state index in [0.29, 0.717) is 6.10 Å². The van der Waals surface area contributed by atoms with Crippen LogP contribution in [0.3, 0.4) is 0 Å². The summed E-state index contributed by atoms with van der Waals surface area (Å²) in [6.07, 6.45) is 3.92. The largest absolute Gasteiger partial charge is 0.389 e. The molecule has 0 spiro atoms. The summed E-state index contributed by atoms with van der Waals surface area (Å²) < 4.78 is 5.07. The van der Waals surface area contributed by atoms with Crippen LogP contribution in [0, 0.1) is 0 Å². The molecule has 1 saturated heterocycles. The maximum absolute atomic E-state index is 8.77. The molecular weight excluding hydrogens is 116 g/mol. The van der Waals surface area contributed by atoms with E-state index in [4.69, 9.17) is 9.84 Å². The van der Waals surface area contributed by atoms with Gasteiger partial charge in [0.15, 0.2) is 0 Å². The predicted octanol–water partition coefficient (Wildman–Crippen LogP) is 0.711. The maximum Gasteiger partial charge on any atom is 0.102 e. The molecule has 1 fully saturated rings. The molecule has 0 aromatic carbocycles. The Morgan fingerprint density at radius 1 is 1.67 bits per heavy atom. The fraction of sp³-hybridized carbons (Fsp3) is 0.714. The molecule has 2 nitrogen and oxygen atoms in total. The van der Waals surface area contributed by atoms with Gasteiger partial charge in [-0.1, -0.05) is 12.2 Å². The highest BCUT2D eigenvalue weighted by atomic mass is 16.6. The number of hydrogen-bond acceptors (Lipinski definition) is 2. The van der Waals surface area contributed by atoms with E-state index in [1.807, 2.05) is 13.0 Å². The second-order valence-electron chi connectivity index (χ2n) is 2.43. The summed E-state index contributed by atoms with van der Waals surface area (Å²) in [5.41, 5.74) is 0. The Kier molecular flexibility index (Phi) is 1.88. The molecule has 9 heavy (non-hydrogen) atoms. The van der Waals surface area contributed by atoms with Crippen molar-refractivity contribution in [3.63, 3.8) is 0 Å². The summed E-state index contributed by atoms with van der Waals surface area (Å²) in [7, 11) is 0. The third kappa shape index (κ3) is 2.16. The highest BCUT2D eigenvalue weighted by molar-refractivity contribution is 5.02. The first-order valence-electron chi connectivity index (χ1n) is 3.22. The molecule has 1 N–H and O–H groups in total. The van der Waals surface area contributed by atoms with Crippen molar-refractivity contribution in [2.45, 2.75) is 32.2 Å². The lowest BCUT2D eigenvalue weighted by molar-refractivity contribution is 0.243. The molecule has 3 unspecified atom stereocenters. The Hall–Kier alpha value is -0.340. The van der Waals surface area contributed by atoms with Gasteiger partial charge in [0, 0.05) is 0 Å². The second-order valence-corrected chi connectivity index (χ2v) is 2.43. The third-order valence-electron chi connectivity index (χ3n) is 1.34. The van der Waals surface area contributed by atoms with Gasteiger partial charge in [0.1, 0.15) is 6.10 Å². The van der Waals surface area contributed by atoms with Crippen LogP contribution in [0.5, 0.6) is 0 Å². The summed E-state index contributed by atoms with van der Waals surface area (Å²) in [4.78, 5) is 0. The Morgan fingerprint density at radius 2 is 2.22 bits per heavy atom. The van der Waals surface area contributed by atoms with E-state index in [9.17, 15) is 0 Å². The third-order valence-corrected chi connectivity index (χ3v) is 1.34. The fourth-order valence-corrected chi connectivity index (χ4v) is 0.675. The zero-order chi connectivity index (χ0) is 6.85. The van der Waals surface area contributed by atoms with E-state index in [1.54, 1.807) is 13.0 Å². The van der Waals surface area contributed by atoms with Crippen LogP contribution in [-0.2, 0) is 4.74 Å². The van der Waals surface area contributed by atoms with Gasteiger partial charge in [-0.3, -0.25) is 0 Å². The second kappa shape index (κ2) is 2.50. The Morgan fingerprint density at radius 3 is 2.56 bits per heavy atom. The summed E-state index contributed by atoms with van der Waals surface area (Å²) >= 11 is 0. The van der Waals surface area contributed by atoms with Gasteiger partial charge in [0.05, 0.1) is 12.2 Å². The molecule has 0 aromatic heterocycles. The van der Waals surface area contributed by atoms with Crippen LogP contribution in [-0.4, -0.2) is 23.4 Å². The van der Waals surface area contributed by atoms with Crippen LogP contribution in [0.1, 0.15) is 13.8 Å². The maximum atomic E-state index is 8.77. The number of aliphatic hydroxyl groups is 1.